The lowest BCUT2D eigenvalue weighted by Crippen LogP contribution is -2.07. The summed E-state index contributed by atoms with van der Waals surface area (Å²) < 4.78 is 0. The minimum Gasteiger partial charge on any atom is -0.393 e. The fourth-order valence-corrected chi connectivity index (χ4v) is 1.11. The van der Waals surface area contributed by atoms with E-state index in [-0.39, 0.29) is 6.10 Å². The second-order valence-corrected chi connectivity index (χ2v) is 3.72. The van der Waals surface area contributed by atoms with Gasteiger partial charge in [0.15, 0.2) is 0 Å². The van der Waals surface area contributed by atoms with Crippen molar-refractivity contribution in [2.75, 3.05) is 0 Å². The van der Waals surface area contributed by atoms with Crippen molar-refractivity contribution in [3.63, 3.8) is 0 Å². The molecule has 1 nitrogen and oxygen atoms in total. The second kappa shape index (κ2) is 7.18. The Hall–Kier alpha value is -0.480. The summed E-state index contributed by atoms with van der Waals surface area (Å²) in [6.45, 7) is 4.35. The van der Waals surface area contributed by atoms with Crippen LogP contribution in [0, 0.1) is 18.3 Å². The van der Waals surface area contributed by atoms with E-state index in [4.69, 9.17) is 6.42 Å². The Bertz CT molecular complexity index is 132. The van der Waals surface area contributed by atoms with Crippen LogP contribution in [0.25, 0.3) is 0 Å². The molecule has 0 rings (SSSR count). The molecule has 0 aromatic heterocycles. The van der Waals surface area contributed by atoms with Crippen molar-refractivity contribution < 1.29 is 5.11 Å². The second-order valence-electron chi connectivity index (χ2n) is 3.72. The van der Waals surface area contributed by atoms with Crippen molar-refractivity contribution in [3.8, 4) is 12.3 Å². The van der Waals surface area contributed by atoms with Crippen LogP contribution in [-0.2, 0) is 0 Å². The summed E-state index contributed by atoms with van der Waals surface area (Å²) in [6, 6.07) is 0. The standard InChI is InChI=1S/C11H20O/c1-4-5-6-7-11(12)9-8-10(2)3/h1,10-12H,5-9H2,2-3H3. The van der Waals surface area contributed by atoms with Gasteiger partial charge in [0, 0.05) is 6.42 Å². The van der Waals surface area contributed by atoms with E-state index in [0.717, 1.165) is 32.1 Å². The molecule has 0 aromatic carbocycles. The van der Waals surface area contributed by atoms with Gasteiger partial charge in [-0.2, -0.15) is 0 Å². The smallest absolute Gasteiger partial charge is 0.0540 e. The zero-order valence-electron chi connectivity index (χ0n) is 8.21. The van der Waals surface area contributed by atoms with E-state index in [2.05, 4.69) is 19.8 Å². The summed E-state index contributed by atoms with van der Waals surface area (Å²) in [4.78, 5) is 0. The number of rotatable bonds is 6. The summed E-state index contributed by atoms with van der Waals surface area (Å²) in [5, 5.41) is 9.46. The Morgan fingerprint density at radius 2 is 1.92 bits per heavy atom. The average molecular weight is 168 g/mol. The molecule has 1 heteroatoms. The largest absolute Gasteiger partial charge is 0.393 e. The number of terminal acetylenes is 1. The number of hydrogen-bond donors (Lipinski definition) is 1. The van der Waals surface area contributed by atoms with Crippen LogP contribution in [0.5, 0.6) is 0 Å². The normalized spacial score (nSPS) is 12.9. The van der Waals surface area contributed by atoms with Crippen LogP contribution in [-0.4, -0.2) is 11.2 Å². The molecular weight excluding hydrogens is 148 g/mol. The highest BCUT2D eigenvalue weighted by molar-refractivity contribution is 4.83. The molecule has 0 saturated carbocycles. The molecule has 0 spiro atoms. The van der Waals surface area contributed by atoms with Gasteiger partial charge in [-0.3, -0.25) is 0 Å². The lowest BCUT2D eigenvalue weighted by Gasteiger charge is -2.10. The summed E-state index contributed by atoms with van der Waals surface area (Å²) in [7, 11) is 0. The molecule has 0 aliphatic rings. The molecule has 12 heavy (non-hydrogen) atoms. The van der Waals surface area contributed by atoms with E-state index in [9.17, 15) is 5.11 Å². The summed E-state index contributed by atoms with van der Waals surface area (Å²) >= 11 is 0. The highest BCUT2D eigenvalue weighted by Crippen LogP contribution is 2.11. The molecule has 0 aromatic rings. The van der Waals surface area contributed by atoms with Crippen LogP contribution in [0.2, 0.25) is 0 Å². The Kier molecular flexibility index (Phi) is 6.90. The van der Waals surface area contributed by atoms with Gasteiger partial charge in [0.2, 0.25) is 0 Å². The van der Waals surface area contributed by atoms with E-state index < -0.39 is 0 Å². The third kappa shape index (κ3) is 7.63. The van der Waals surface area contributed by atoms with Crippen molar-refractivity contribution >= 4 is 0 Å². The topological polar surface area (TPSA) is 20.2 Å². The maximum Gasteiger partial charge on any atom is 0.0540 e. The SMILES string of the molecule is C#CCCCC(O)CCC(C)C. The minimum absolute atomic E-state index is 0.138. The number of unbranched alkanes of at least 4 members (excludes halogenated alkanes) is 1. The van der Waals surface area contributed by atoms with Gasteiger partial charge in [0.1, 0.15) is 0 Å². The monoisotopic (exact) mass is 168 g/mol. The zero-order valence-corrected chi connectivity index (χ0v) is 8.21. The molecule has 0 saturated heterocycles. The van der Waals surface area contributed by atoms with E-state index in [1.165, 1.54) is 0 Å². The fourth-order valence-electron chi connectivity index (χ4n) is 1.11. The highest BCUT2D eigenvalue weighted by Gasteiger charge is 2.04. The first kappa shape index (κ1) is 11.5. The van der Waals surface area contributed by atoms with Crippen molar-refractivity contribution in [2.24, 2.45) is 5.92 Å². The molecule has 1 atom stereocenters. The first-order valence-corrected chi connectivity index (χ1v) is 4.78. The summed E-state index contributed by atoms with van der Waals surface area (Å²) in [5.74, 6) is 3.26. The lowest BCUT2D eigenvalue weighted by molar-refractivity contribution is 0.145. The molecule has 0 heterocycles. The molecular formula is C11H20O. The van der Waals surface area contributed by atoms with Gasteiger partial charge in [0.05, 0.1) is 6.10 Å². The van der Waals surface area contributed by atoms with Crippen molar-refractivity contribution in [3.05, 3.63) is 0 Å². The Morgan fingerprint density at radius 3 is 2.42 bits per heavy atom. The molecule has 0 amide bonds. The highest BCUT2D eigenvalue weighted by atomic mass is 16.3. The maximum atomic E-state index is 9.46. The van der Waals surface area contributed by atoms with Crippen molar-refractivity contribution in [1.29, 1.82) is 0 Å². The predicted octanol–water partition coefficient (Wildman–Crippen LogP) is 2.59. The maximum absolute atomic E-state index is 9.46. The molecule has 0 aliphatic heterocycles. The van der Waals surface area contributed by atoms with Gasteiger partial charge in [-0.25, -0.2) is 0 Å². The molecule has 0 fully saturated rings. The molecule has 0 aliphatic carbocycles. The van der Waals surface area contributed by atoms with E-state index in [0.29, 0.717) is 5.92 Å². The first-order valence-electron chi connectivity index (χ1n) is 4.78. The van der Waals surface area contributed by atoms with E-state index in [1.54, 1.807) is 0 Å². The van der Waals surface area contributed by atoms with Crippen LogP contribution in [0.4, 0.5) is 0 Å². The fraction of sp³-hybridized carbons (Fsp3) is 0.818. The Labute approximate surface area is 76.2 Å². The van der Waals surface area contributed by atoms with Gasteiger partial charge in [-0.15, -0.1) is 12.3 Å². The van der Waals surface area contributed by atoms with Crippen LogP contribution in [0.15, 0.2) is 0 Å². The quantitative estimate of drug-likeness (QED) is 0.477. The van der Waals surface area contributed by atoms with E-state index in [1.807, 2.05) is 0 Å². The third-order valence-electron chi connectivity index (χ3n) is 1.94. The average Bonchev–Trinajstić information content (AvgIpc) is 2.01. The number of aliphatic hydroxyl groups is 1. The predicted molar refractivity (Wildman–Crippen MR) is 52.8 cm³/mol. The van der Waals surface area contributed by atoms with Gasteiger partial charge >= 0.3 is 0 Å². The minimum atomic E-state index is -0.138. The summed E-state index contributed by atoms with van der Waals surface area (Å²) in [6.07, 6.45) is 9.60. The van der Waals surface area contributed by atoms with Gasteiger partial charge in [-0.1, -0.05) is 13.8 Å². The van der Waals surface area contributed by atoms with Crippen LogP contribution < -0.4 is 0 Å². The van der Waals surface area contributed by atoms with Gasteiger partial charge in [0.25, 0.3) is 0 Å². The summed E-state index contributed by atoms with van der Waals surface area (Å²) in [5.41, 5.74) is 0. The van der Waals surface area contributed by atoms with Crippen molar-refractivity contribution in [2.45, 2.75) is 52.1 Å². The lowest BCUT2D eigenvalue weighted by atomic mass is 10.0. The Morgan fingerprint density at radius 1 is 1.25 bits per heavy atom. The molecule has 0 bridgehead atoms. The number of aliphatic hydroxyl groups excluding tert-OH is 1. The molecule has 1 N–H and O–H groups in total. The van der Waals surface area contributed by atoms with Crippen LogP contribution in [0.3, 0.4) is 0 Å². The molecule has 1 unspecified atom stereocenters. The van der Waals surface area contributed by atoms with Crippen LogP contribution >= 0.6 is 0 Å². The molecule has 0 radical (unpaired) electrons. The zero-order chi connectivity index (χ0) is 9.40. The van der Waals surface area contributed by atoms with Crippen molar-refractivity contribution in [1.82, 2.24) is 0 Å². The van der Waals surface area contributed by atoms with Crippen LogP contribution in [0.1, 0.15) is 46.0 Å². The third-order valence-corrected chi connectivity index (χ3v) is 1.94. The van der Waals surface area contributed by atoms with Gasteiger partial charge in [-0.05, 0) is 31.6 Å². The molecule has 70 valence electrons. The van der Waals surface area contributed by atoms with E-state index >= 15 is 0 Å². The first-order chi connectivity index (χ1) is 5.66. The number of hydrogen-bond acceptors (Lipinski definition) is 1. The Balaban J connectivity index is 3.22. The van der Waals surface area contributed by atoms with Gasteiger partial charge < -0.3 is 5.11 Å².